The summed E-state index contributed by atoms with van der Waals surface area (Å²) in [5.74, 6) is 0.412. The minimum atomic E-state index is -0.895. The average Bonchev–Trinajstić information content (AvgIpc) is 2.30. The van der Waals surface area contributed by atoms with E-state index in [1.807, 2.05) is 6.26 Å². The topological polar surface area (TPSA) is 40.1 Å². The molecule has 1 unspecified atom stereocenters. The van der Waals surface area contributed by atoms with E-state index in [9.17, 15) is 9.90 Å². The van der Waals surface area contributed by atoms with Crippen molar-refractivity contribution in [3.63, 3.8) is 0 Å². The molecule has 0 bridgehead atoms. The Hall–Kier alpha value is -0.180. The van der Waals surface area contributed by atoms with Crippen LogP contribution in [0, 0.1) is 0 Å². The predicted octanol–water partition coefficient (Wildman–Crippen LogP) is 2.91. The zero-order valence-electron chi connectivity index (χ0n) is 12.2. The number of hydrogen-bond acceptors (Lipinski definition) is 2. The molecule has 0 aliphatic rings. The molecule has 0 rings (SSSR count). The fourth-order valence-electron chi connectivity index (χ4n) is 2.11. The van der Waals surface area contributed by atoms with Crippen LogP contribution in [0.25, 0.3) is 0 Å². The van der Waals surface area contributed by atoms with Crippen molar-refractivity contribution in [3.05, 3.63) is 0 Å². The standard InChI is InChI=1S/C15H30O2S/c1-3-4-5-6-7-8-9-10-11-12-13-18(2)14-15(16)17/h3-14H2,1-2H3. The lowest BCUT2D eigenvalue weighted by Crippen LogP contribution is -2.31. The summed E-state index contributed by atoms with van der Waals surface area (Å²) in [5, 5.41) is 10.4. The number of aliphatic carboxylic acids is 1. The Morgan fingerprint density at radius 2 is 1.33 bits per heavy atom. The second-order valence-corrected chi connectivity index (χ2v) is 7.44. The van der Waals surface area contributed by atoms with Crippen LogP contribution in [0.15, 0.2) is 0 Å². The van der Waals surface area contributed by atoms with E-state index in [0.29, 0.717) is 0 Å². The number of rotatable bonds is 13. The second kappa shape index (κ2) is 13.3. The van der Waals surface area contributed by atoms with E-state index in [0.717, 1.165) is 5.75 Å². The van der Waals surface area contributed by atoms with Crippen molar-refractivity contribution in [2.24, 2.45) is 0 Å². The van der Waals surface area contributed by atoms with Crippen molar-refractivity contribution >= 4 is 16.9 Å². The maximum absolute atomic E-state index is 10.4. The Bertz CT molecular complexity index is 195. The van der Waals surface area contributed by atoms with Crippen molar-refractivity contribution in [2.75, 3.05) is 17.8 Å². The van der Waals surface area contributed by atoms with Gasteiger partial charge in [-0.05, 0) is 23.7 Å². The van der Waals surface area contributed by atoms with Gasteiger partial charge in [0, 0.05) is 0 Å². The first-order valence-corrected chi connectivity index (χ1v) is 9.43. The molecule has 0 saturated carbocycles. The highest BCUT2D eigenvalue weighted by Gasteiger charge is 2.09. The van der Waals surface area contributed by atoms with Crippen LogP contribution in [0.4, 0.5) is 0 Å². The van der Waals surface area contributed by atoms with Crippen molar-refractivity contribution in [1.29, 1.82) is 0 Å². The molecular weight excluding hydrogens is 244 g/mol. The largest absolute Gasteiger partial charge is 0.545 e. The lowest BCUT2D eigenvalue weighted by Gasteiger charge is -2.04. The molecular formula is C15H30O2S. The van der Waals surface area contributed by atoms with Gasteiger partial charge in [0.1, 0.15) is 11.5 Å². The number of hydrogen-bond donors (Lipinski definition) is 0. The molecule has 0 amide bonds. The molecule has 108 valence electrons. The van der Waals surface area contributed by atoms with Gasteiger partial charge >= 0.3 is 0 Å². The molecule has 18 heavy (non-hydrogen) atoms. The zero-order valence-corrected chi connectivity index (χ0v) is 13.0. The minimum absolute atomic E-state index is 0.0252. The van der Waals surface area contributed by atoms with Crippen molar-refractivity contribution < 1.29 is 9.90 Å². The van der Waals surface area contributed by atoms with Crippen LogP contribution in [-0.4, -0.2) is 23.7 Å². The third-order valence-corrected chi connectivity index (χ3v) is 4.92. The van der Waals surface area contributed by atoms with E-state index in [-0.39, 0.29) is 16.6 Å². The van der Waals surface area contributed by atoms with Crippen molar-refractivity contribution in [1.82, 2.24) is 0 Å². The van der Waals surface area contributed by atoms with Gasteiger partial charge in [0.05, 0.1) is 12.2 Å². The quantitative estimate of drug-likeness (QED) is 0.383. The van der Waals surface area contributed by atoms with Gasteiger partial charge in [-0.2, -0.15) is 0 Å². The SMILES string of the molecule is CCCCCCCCCCCC[S+](C)CC(=O)[O-]. The first-order valence-electron chi connectivity index (χ1n) is 7.45. The van der Waals surface area contributed by atoms with Crippen molar-refractivity contribution in [3.8, 4) is 0 Å². The maximum atomic E-state index is 10.4. The van der Waals surface area contributed by atoms with Gasteiger partial charge in [-0.25, -0.2) is 0 Å². The van der Waals surface area contributed by atoms with E-state index in [2.05, 4.69) is 6.92 Å². The number of carbonyl (C=O) groups is 1. The Labute approximate surface area is 116 Å². The van der Waals surface area contributed by atoms with E-state index < -0.39 is 5.97 Å². The Kier molecular flexibility index (Phi) is 13.1. The molecule has 0 radical (unpaired) electrons. The lowest BCUT2D eigenvalue weighted by molar-refractivity contribution is -0.301. The molecule has 0 fully saturated rings. The number of carbonyl (C=O) groups excluding carboxylic acids is 1. The predicted molar refractivity (Wildman–Crippen MR) is 79.9 cm³/mol. The summed E-state index contributed by atoms with van der Waals surface area (Å²) >= 11 is 0. The summed E-state index contributed by atoms with van der Waals surface area (Å²) in [6, 6.07) is 0. The van der Waals surface area contributed by atoms with Crippen LogP contribution in [0.2, 0.25) is 0 Å². The van der Waals surface area contributed by atoms with Gasteiger partial charge < -0.3 is 9.90 Å². The highest BCUT2D eigenvalue weighted by atomic mass is 32.2. The fraction of sp³-hybridized carbons (Fsp3) is 0.933. The molecule has 0 aromatic carbocycles. The normalized spacial score (nSPS) is 12.6. The van der Waals surface area contributed by atoms with Crippen LogP contribution >= 0.6 is 0 Å². The van der Waals surface area contributed by atoms with Crippen LogP contribution in [-0.2, 0) is 15.7 Å². The molecule has 0 aromatic heterocycles. The van der Waals surface area contributed by atoms with Crippen LogP contribution < -0.4 is 5.11 Å². The monoisotopic (exact) mass is 274 g/mol. The summed E-state index contributed by atoms with van der Waals surface area (Å²) in [4.78, 5) is 10.4. The Morgan fingerprint density at radius 1 is 0.889 bits per heavy atom. The maximum Gasteiger partial charge on any atom is 0.147 e. The number of carboxylic acid groups (broad SMARTS) is 1. The summed E-state index contributed by atoms with van der Waals surface area (Å²) in [6.07, 6.45) is 15.4. The molecule has 3 heteroatoms. The molecule has 1 atom stereocenters. The van der Waals surface area contributed by atoms with E-state index in [4.69, 9.17) is 0 Å². The van der Waals surface area contributed by atoms with Gasteiger partial charge in [0.25, 0.3) is 0 Å². The first kappa shape index (κ1) is 17.8. The van der Waals surface area contributed by atoms with Crippen LogP contribution in [0.5, 0.6) is 0 Å². The first-order chi connectivity index (χ1) is 8.66. The van der Waals surface area contributed by atoms with Gasteiger partial charge in [-0.1, -0.05) is 58.3 Å². The third kappa shape index (κ3) is 13.9. The Morgan fingerprint density at radius 3 is 1.78 bits per heavy atom. The van der Waals surface area contributed by atoms with E-state index in [1.165, 1.54) is 64.2 Å². The minimum Gasteiger partial charge on any atom is -0.545 e. The molecule has 0 heterocycles. The van der Waals surface area contributed by atoms with Crippen LogP contribution in [0.3, 0.4) is 0 Å². The summed E-state index contributed by atoms with van der Waals surface area (Å²) < 4.78 is 0. The highest BCUT2D eigenvalue weighted by Crippen LogP contribution is 2.11. The van der Waals surface area contributed by atoms with E-state index in [1.54, 1.807) is 0 Å². The van der Waals surface area contributed by atoms with Crippen LogP contribution in [0.1, 0.15) is 71.1 Å². The molecule has 2 nitrogen and oxygen atoms in total. The third-order valence-electron chi connectivity index (χ3n) is 3.21. The highest BCUT2D eigenvalue weighted by molar-refractivity contribution is 7.96. The van der Waals surface area contributed by atoms with Gasteiger partial charge in [0.15, 0.2) is 0 Å². The van der Waals surface area contributed by atoms with E-state index >= 15 is 0 Å². The van der Waals surface area contributed by atoms with Gasteiger partial charge in [-0.3, -0.25) is 0 Å². The molecule has 0 saturated heterocycles. The average molecular weight is 274 g/mol. The number of unbranched alkanes of at least 4 members (excludes halogenated alkanes) is 9. The molecule has 0 spiro atoms. The summed E-state index contributed by atoms with van der Waals surface area (Å²) in [7, 11) is 0.0252. The zero-order chi connectivity index (χ0) is 13.6. The smallest absolute Gasteiger partial charge is 0.147 e. The summed E-state index contributed by atoms with van der Waals surface area (Å²) in [5.41, 5.74) is 0. The molecule has 0 aliphatic carbocycles. The molecule has 0 aromatic rings. The lowest BCUT2D eigenvalue weighted by atomic mass is 10.1. The number of carboxylic acids is 1. The van der Waals surface area contributed by atoms with Gasteiger partial charge in [0.2, 0.25) is 0 Å². The molecule has 0 aliphatic heterocycles. The van der Waals surface area contributed by atoms with Crippen molar-refractivity contribution in [2.45, 2.75) is 71.1 Å². The fourth-order valence-corrected chi connectivity index (χ4v) is 3.35. The Balaban J connectivity index is 3.09. The molecule has 0 N–H and O–H groups in total. The summed E-state index contributed by atoms with van der Waals surface area (Å²) in [6.45, 7) is 2.25. The second-order valence-electron chi connectivity index (χ2n) is 5.18. The van der Waals surface area contributed by atoms with Gasteiger partial charge in [-0.15, -0.1) is 0 Å².